The van der Waals surface area contributed by atoms with E-state index in [-0.39, 0.29) is 29.6 Å². The Labute approximate surface area is 245 Å². The third kappa shape index (κ3) is 6.74. The molecule has 0 N–H and O–H groups in total. The van der Waals surface area contributed by atoms with Gasteiger partial charge in [-0.3, -0.25) is 9.59 Å². The van der Waals surface area contributed by atoms with Crippen LogP contribution in [0.1, 0.15) is 67.2 Å². The first-order chi connectivity index (χ1) is 18.7. The van der Waals surface area contributed by atoms with Gasteiger partial charge in [0.2, 0.25) is 0 Å². The van der Waals surface area contributed by atoms with Crippen molar-refractivity contribution in [2.45, 2.75) is 99.0 Å². The normalized spacial score (nSPS) is 15.3. The van der Waals surface area contributed by atoms with Crippen molar-refractivity contribution in [3.8, 4) is 11.5 Å². The number of hydrazine groups is 1. The summed E-state index contributed by atoms with van der Waals surface area (Å²) in [6, 6.07) is 12.2. The molecule has 39 heavy (non-hydrogen) atoms. The maximum atomic E-state index is 13.7. The van der Waals surface area contributed by atoms with Gasteiger partial charge in [-0.05, 0) is 58.7 Å². The van der Waals surface area contributed by atoms with Gasteiger partial charge in [-0.2, -0.15) is 0 Å². The SMILES string of the molecule is CCCCN1C(=O)C(=C2Sc3c(OC(C)C)cc(Sc4ccccc4)c(OC(C)C)c3S2)C(=O)N1CCCC. The van der Waals surface area contributed by atoms with Gasteiger partial charge in [0.15, 0.2) is 0 Å². The molecule has 9 heteroatoms. The number of rotatable bonds is 12. The molecule has 4 rings (SSSR count). The number of amides is 2. The average Bonchev–Trinajstić information content (AvgIpc) is 3.42. The largest absolute Gasteiger partial charge is 0.490 e. The molecule has 2 aromatic carbocycles. The van der Waals surface area contributed by atoms with Crippen LogP contribution in [-0.4, -0.2) is 47.1 Å². The summed E-state index contributed by atoms with van der Waals surface area (Å²) in [6.07, 6.45) is 3.52. The molecule has 0 unspecified atom stereocenters. The lowest BCUT2D eigenvalue weighted by molar-refractivity contribution is -0.147. The summed E-state index contributed by atoms with van der Waals surface area (Å²) in [7, 11) is 0. The second kappa shape index (κ2) is 13.4. The Hall–Kier alpha value is -2.23. The monoisotopic (exact) mass is 586 g/mol. The molecule has 0 aliphatic carbocycles. The van der Waals surface area contributed by atoms with Crippen LogP contribution in [0, 0.1) is 0 Å². The molecule has 0 spiro atoms. The van der Waals surface area contributed by atoms with E-state index in [1.54, 1.807) is 21.8 Å². The smallest absolute Gasteiger partial charge is 0.279 e. The molecule has 2 aromatic rings. The average molecular weight is 587 g/mol. The minimum Gasteiger partial charge on any atom is -0.490 e. The first-order valence-corrected chi connectivity index (χ1v) is 16.2. The first-order valence-electron chi connectivity index (χ1n) is 13.8. The molecule has 0 saturated carbocycles. The van der Waals surface area contributed by atoms with Crippen molar-refractivity contribution in [1.29, 1.82) is 0 Å². The van der Waals surface area contributed by atoms with Crippen LogP contribution in [0.15, 0.2) is 65.8 Å². The van der Waals surface area contributed by atoms with Crippen LogP contribution < -0.4 is 9.47 Å². The summed E-state index contributed by atoms with van der Waals surface area (Å²) < 4.78 is 13.4. The van der Waals surface area contributed by atoms with Crippen molar-refractivity contribution < 1.29 is 19.1 Å². The van der Waals surface area contributed by atoms with E-state index in [1.165, 1.54) is 23.5 Å². The Morgan fingerprint density at radius 3 is 1.92 bits per heavy atom. The molecule has 2 aliphatic rings. The van der Waals surface area contributed by atoms with E-state index in [2.05, 4.69) is 26.0 Å². The zero-order valence-corrected chi connectivity index (χ0v) is 26.1. The fourth-order valence-corrected chi connectivity index (χ4v) is 7.96. The van der Waals surface area contributed by atoms with Crippen molar-refractivity contribution in [2.24, 2.45) is 0 Å². The van der Waals surface area contributed by atoms with Gasteiger partial charge in [-0.15, -0.1) is 0 Å². The van der Waals surface area contributed by atoms with E-state index < -0.39 is 0 Å². The highest BCUT2D eigenvalue weighted by molar-refractivity contribution is 8.25. The lowest BCUT2D eigenvalue weighted by Gasteiger charge is -2.27. The summed E-state index contributed by atoms with van der Waals surface area (Å²) in [5.41, 5.74) is 0.261. The highest BCUT2D eigenvalue weighted by Crippen LogP contribution is 2.62. The number of hydrogen-bond acceptors (Lipinski definition) is 7. The summed E-state index contributed by atoms with van der Waals surface area (Å²) in [4.78, 5) is 31.2. The van der Waals surface area contributed by atoms with Gasteiger partial charge in [0.1, 0.15) is 17.1 Å². The quantitative estimate of drug-likeness (QED) is 0.184. The van der Waals surface area contributed by atoms with Crippen molar-refractivity contribution in [3.05, 3.63) is 46.2 Å². The van der Waals surface area contributed by atoms with Crippen LogP contribution in [-0.2, 0) is 9.59 Å². The lowest BCUT2D eigenvalue weighted by Crippen LogP contribution is -2.42. The lowest BCUT2D eigenvalue weighted by atomic mass is 10.3. The zero-order chi connectivity index (χ0) is 28.1. The van der Waals surface area contributed by atoms with E-state index in [4.69, 9.17) is 9.47 Å². The van der Waals surface area contributed by atoms with Gasteiger partial charge < -0.3 is 9.47 Å². The first kappa shape index (κ1) is 29.7. The second-order valence-electron chi connectivity index (χ2n) is 10.0. The number of nitrogens with zero attached hydrogens (tertiary/aromatic N) is 2. The van der Waals surface area contributed by atoms with E-state index in [0.29, 0.717) is 17.3 Å². The van der Waals surface area contributed by atoms with Gasteiger partial charge in [0.05, 0.1) is 31.1 Å². The Morgan fingerprint density at radius 1 is 0.821 bits per heavy atom. The van der Waals surface area contributed by atoms with E-state index in [9.17, 15) is 9.59 Å². The third-order valence-electron chi connectivity index (χ3n) is 6.04. The van der Waals surface area contributed by atoms with Crippen LogP contribution in [0.2, 0.25) is 0 Å². The van der Waals surface area contributed by atoms with Gasteiger partial charge in [0.25, 0.3) is 11.8 Å². The molecule has 1 saturated heterocycles. The standard InChI is InChI=1S/C30H38N2O4S3/c1-7-9-16-31-28(33)24(29(34)32(31)17-10-8-2)30-38-26-22(35-19(3)4)18-23(37-21-14-12-11-13-15-21)25(27(26)39-30)36-20(5)6/h11-15,18-20H,7-10,16-17H2,1-6H3. The van der Waals surface area contributed by atoms with Gasteiger partial charge >= 0.3 is 0 Å². The number of carbonyl (C=O) groups excluding carboxylic acids is 2. The van der Waals surface area contributed by atoms with Crippen molar-refractivity contribution in [3.63, 3.8) is 0 Å². The minimum absolute atomic E-state index is 0.0355. The molecule has 0 radical (unpaired) electrons. The van der Waals surface area contributed by atoms with Gasteiger partial charge in [0, 0.05) is 18.0 Å². The summed E-state index contributed by atoms with van der Waals surface area (Å²) in [5, 5.41) is 3.31. The highest BCUT2D eigenvalue weighted by atomic mass is 32.2. The van der Waals surface area contributed by atoms with Crippen molar-refractivity contribution in [1.82, 2.24) is 10.0 Å². The van der Waals surface area contributed by atoms with Gasteiger partial charge in [-0.1, -0.05) is 80.2 Å². The maximum Gasteiger partial charge on any atom is 0.279 e. The Kier molecular flexibility index (Phi) is 10.2. The predicted molar refractivity (Wildman–Crippen MR) is 161 cm³/mol. The molecule has 1 fully saturated rings. The fourth-order valence-electron chi connectivity index (χ4n) is 4.26. The summed E-state index contributed by atoms with van der Waals surface area (Å²) in [6.45, 7) is 13.3. The van der Waals surface area contributed by atoms with Crippen LogP contribution in [0.4, 0.5) is 0 Å². The summed E-state index contributed by atoms with van der Waals surface area (Å²) in [5.74, 6) is 1.10. The summed E-state index contributed by atoms with van der Waals surface area (Å²) >= 11 is 4.53. The van der Waals surface area contributed by atoms with Crippen LogP contribution >= 0.6 is 35.3 Å². The number of unbranched alkanes of at least 4 members (excludes halogenated alkanes) is 2. The number of ether oxygens (including phenoxy) is 2. The highest BCUT2D eigenvalue weighted by Gasteiger charge is 2.45. The number of carbonyl (C=O) groups is 2. The molecule has 0 atom stereocenters. The molecule has 2 amide bonds. The Morgan fingerprint density at radius 2 is 1.38 bits per heavy atom. The van der Waals surface area contributed by atoms with E-state index in [0.717, 1.165) is 56.8 Å². The van der Waals surface area contributed by atoms with E-state index >= 15 is 0 Å². The fraction of sp³-hybridized carbons (Fsp3) is 0.467. The van der Waals surface area contributed by atoms with Gasteiger partial charge in [-0.25, -0.2) is 10.0 Å². The molecule has 0 aromatic heterocycles. The number of thioether (sulfide) groups is 2. The number of fused-ring (bicyclic) bond motifs is 1. The van der Waals surface area contributed by atoms with Crippen molar-refractivity contribution in [2.75, 3.05) is 13.1 Å². The second-order valence-corrected chi connectivity index (χ2v) is 13.5. The maximum absolute atomic E-state index is 13.7. The molecular weight excluding hydrogens is 549 g/mol. The number of hydrogen-bond donors (Lipinski definition) is 0. The minimum atomic E-state index is -0.205. The molecule has 2 aliphatic heterocycles. The Bertz CT molecular complexity index is 1200. The molecule has 6 nitrogen and oxygen atoms in total. The van der Waals surface area contributed by atoms with Crippen LogP contribution in [0.25, 0.3) is 0 Å². The van der Waals surface area contributed by atoms with Crippen molar-refractivity contribution >= 4 is 47.1 Å². The topological polar surface area (TPSA) is 59.1 Å². The molecule has 2 heterocycles. The third-order valence-corrected chi connectivity index (χ3v) is 9.68. The molecular formula is C30H38N2O4S3. The molecule has 210 valence electrons. The molecule has 0 bridgehead atoms. The van der Waals surface area contributed by atoms with E-state index in [1.807, 2.05) is 52.0 Å². The predicted octanol–water partition coefficient (Wildman–Crippen LogP) is 8.01. The number of benzene rings is 2. The van der Waals surface area contributed by atoms with Crippen LogP contribution in [0.3, 0.4) is 0 Å². The van der Waals surface area contributed by atoms with Crippen LogP contribution in [0.5, 0.6) is 11.5 Å². The zero-order valence-electron chi connectivity index (χ0n) is 23.6. The Balaban J connectivity index is 1.80.